The van der Waals surface area contributed by atoms with Crippen LogP contribution in [-0.4, -0.2) is 0 Å². The second kappa shape index (κ2) is 5.32. The largest absolute Gasteiger partial charge is 0.238 e. The normalized spacial score (nSPS) is 11.8. The maximum atomic E-state index is 7.25. The zero-order chi connectivity index (χ0) is 16.8. The minimum Gasteiger partial charge on any atom is -0.238 e. The van der Waals surface area contributed by atoms with Gasteiger partial charge in [0.2, 0.25) is 5.69 Å². The zero-order valence-corrected chi connectivity index (χ0v) is 14.2. The van der Waals surface area contributed by atoms with Gasteiger partial charge < -0.3 is 0 Å². The van der Waals surface area contributed by atoms with Gasteiger partial charge in [0.05, 0.1) is 12.1 Å². The molecule has 2 aromatic carbocycles. The molecule has 2 nitrogen and oxygen atoms in total. The molecular formula is C22H19N2+. The summed E-state index contributed by atoms with van der Waals surface area (Å²) >= 11 is 0. The summed E-state index contributed by atoms with van der Waals surface area (Å²) in [6.07, 6.45) is 3.08. The Morgan fingerprint density at radius 3 is 2.54 bits per heavy atom. The van der Waals surface area contributed by atoms with Gasteiger partial charge in [0.15, 0.2) is 11.9 Å². The number of pyridine rings is 1. The van der Waals surface area contributed by atoms with Gasteiger partial charge in [-0.05, 0) is 54.2 Å². The summed E-state index contributed by atoms with van der Waals surface area (Å²) in [6, 6.07) is 14.9. The Balaban J connectivity index is 1.96. The third-order valence-electron chi connectivity index (χ3n) is 4.93. The predicted octanol–water partition coefficient (Wildman–Crippen LogP) is 4.92. The van der Waals surface area contributed by atoms with E-state index in [9.17, 15) is 0 Å². The van der Waals surface area contributed by atoms with Crippen LogP contribution in [0.5, 0.6) is 0 Å². The molecule has 0 saturated heterocycles. The van der Waals surface area contributed by atoms with Crippen LogP contribution in [0.3, 0.4) is 0 Å². The Hall–Kier alpha value is -2.92. The average Bonchev–Trinajstić information content (AvgIpc) is 2.93. The summed E-state index contributed by atoms with van der Waals surface area (Å²) in [5, 5.41) is 0. The Morgan fingerprint density at radius 2 is 1.79 bits per heavy atom. The topological polar surface area (TPSA) is 8.24 Å². The van der Waals surface area contributed by atoms with Gasteiger partial charge >= 0.3 is 0 Å². The number of hydrogen-bond donors (Lipinski definition) is 0. The second-order valence-corrected chi connectivity index (χ2v) is 6.62. The Kier molecular flexibility index (Phi) is 3.25. The lowest BCUT2D eigenvalue weighted by Gasteiger charge is -2.11. The van der Waals surface area contributed by atoms with Crippen molar-refractivity contribution >= 4 is 5.69 Å². The Bertz CT molecular complexity index is 1020. The highest BCUT2D eigenvalue weighted by Gasteiger charge is 2.26. The van der Waals surface area contributed by atoms with Crippen molar-refractivity contribution in [1.29, 1.82) is 0 Å². The van der Waals surface area contributed by atoms with Gasteiger partial charge in [0.25, 0.3) is 0 Å². The van der Waals surface area contributed by atoms with Crippen molar-refractivity contribution in [2.24, 2.45) is 7.05 Å². The highest BCUT2D eigenvalue weighted by Crippen LogP contribution is 2.43. The highest BCUT2D eigenvalue weighted by atomic mass is 14.9. The fourth-order valence-corrected chi connectivity index (χ4v) is 3.81. The Labute approximate surface area is 142 Å². The number of aromatic nitrogens is 1. The van der Waals surface area contributed by atoms with Gasteiger partial charge in [-0.1, -0.05) is 30.3 Å². The molecule has 2 heteroatoms. The number of aryl methyl sites for hydroxylation is 3. The van der Waals surface area contributed by atoms with E-state index in [0.29, 0.717) is 0 Å². The van der Waals surface area contributed by atoms with Crippen LogP contribution in [0.25, 0.3) is 27.2 Å². The number of fused-ring (bicyclic) bond motifs is 3. The van der Waals surface area contributed by atoms with E-state index in [2.05, 4.69) is 66.8 Å². The monoisotopic (exact) mass is 311 g/mol. The molecule has 4 rings (SSSR count). The quantitative estimate of drug-likeness (QED) is 0.348. The van der Waals surface area contributed by atoms with E-state index >= 15 is 0 Å². The summed E-state index contributed by atoms with van der Waals surface area (Å²) in [4.78, 5) is 3.58. The van der Waals surface area contributed by atoms with Crippen molar-refractivity contribution in [2.75, 3.05) is 0 Å². The van der Waals surface area contributed by atoms with Crippen molar-refractivity contribution in [2.45, 2.75) is 20.3 Å². The SMILES string of the molecule is [C-]#[N+]c1ccc2c(c1)Cc1c-2ccc(C)c1-c1ccc(C)c[n+]1C. The molecule has 1 aliphatic rings. The van der Waals surface area contributed by atoms with Crippen LogP contribution in [0.4, 0.5) is 5.69 Å². The maximum Gasteiger partial charge on any atom is 0.212 e. The molecule has 0 bridgehead atoms. The smallest absolute Gasteiger partial charge is 0.212 e. The minimum atomic E-state index is 0.723. The molecule has 116 valence electrons. The predicted molar refractivity (Wildman–Crippen MR) is 97.0 cm³/mol. The van der Waals surface area contributed by atoms with Crippen LogP contribution >= 0.6 is 0 Å². The molecule has 0 unspecified atom stereocenters. The molecule has 0 spiro atoms. The molecule has 0 atom stereocenters. The first-order valence-corrected chi connectivity index (χ1v) is 8.18. The van der Waals surface area contributed by atoms with Crippen LogP contribution in [-0.2, 0) is 13.5 Å². The lowest BCUT2D eigenvalue weighted by Crippen LogP contribution is -2.31. The molecule has 24 heavy (non-hydrogen) atoms. The molecule has 1 aliphatic carbocycles. The standard InChI is InChI=1S/C22H19N2/c1-14-5-10-21(24(4)13-14)22-15(2)6-8-19-18-9-7-17(23-3)11-16(18)12-20(19)22/h5-11,13H,12H2,1-2,4H3/q+1. The third kappa shape index (κ3) is 2.13. The summed E-state index contributed by atoms with van der Waals surface area (Å²) < 4.78 is 2.21. The van der Waals surface area contributed by atoms with Crippen LogP contribution < -0.4 is 4.57 Å². The van der Waals surface area contributed by atoms with Crippen LogP contribution in [0.15, 0.2) is 48.7 Å². The molecule has 0 amide bonds. The maximum absolute atomic E-state index is 7.25. The Morgan fingerprint density at radius 1 is 1.00 bits per heavy atom. The van der Waals surface area contributed by atoms with Crippen molar-refractivity contribution in [3.63, 3.8) is 0 Å². The summed E-state index contributed by atoms with van der Waals surface area (Å²) in [6.45, 7) is 11.6. The summed E-state index contributed by atoms with van der Waals surface area (Å²) in [7, 11) is 2.11. The third-order valence-corrected chi connectivity index (χ3v) is 4.93. The van der Waals surface area contributed by atoms with Crippen LogP contribution in [0.1, 0.15) is 22.3 Å². The van der Waals surface area contributed by atoms with Crippen LogP contribution in [0.2, 0.25) is 0 Å². The summed E-state index contributed by atoms with van der Waals surface area (Å²) in [5.41, 5.74) is 11.1. The molecule has 3 aromatic rings. The molecular weight excluding hydrogens is 292 g/mol. The lowest BCUT2D eigenvalue weighted by atomic mass is 9.94. The van der Waals surface area contributed by atoms with E-state index in [4.69, 9.17) is 6.57 Å². The van der Waals surface area contributed by atoms with E-state index in [1.807, 2.05) is 12.1 Å². The first-order valence-electron chi connectivity index (χ1n) is 8.18. The number of hydrogen-bond acceptors (Lipinski definition) is 0. The van der Waals surface area contributed by atoms with Gasteiger partial charge in [0, 0.05) is 11.6 Å². The van der Waals surface area contributed by atoms with Gasteiger partial charge in [-0.15, -0.1) is 0 Å². The number of rotatable bonds is 1. The van der Waals surface area contributed by atoms with E-state index < -0.39 is 0 Å². The van der Waals surface area contributed by atoms with Crippen LogP contribution in [0, 0.1) is 20.4 Å². The van der Waals surface area contributed by atoms with Gasteiger partial charge in [0.1, 0.15) is 7.05 Å². The fraction of sp³-hybridized carbons (Fsp3) is 0.182. The molecule has 1 aromatic heterocycles. The van der Waals surface area contributed by atoms with Crippen molar-refractivity contribution in [3.8, 4) is 22.4 Å². The van der Waals surface area contributed by atoms with Crippen molar-refractivity contribution in [3.05, 3.63) is 82.3 Å². The van der Waals surface area contributed by atoms with Gasteiger partial charge in [-0.3, -0.25) is 0 Å². The number of benzene rings is 2. The second-order valence-electron chi connectivity index (χ2n) is 6.62. The summed E-state index contributed by atoms with van der Waals surface area (Å²) in [5.74, 6) is 0. The molecule has 0 fully saturated rings. The van der Waals surface area contributed by atoms with Crippen molar-refractivity contribution in [1.82, 2.24) is 0 Å². The molecule has 0 saturated carbocycles. The molecule has 0 radical (unpaired) electrons. The average molecular weight is 311 g/mol. The van der Waals surface area contributed by atoms with E-state index in [1.165, 1.54) is 44.6 Å². The fourth-order valence-electron chi connectivity index (χ4n) is 3.81. The molecule has 0 aliphatic heterocycles. The highest BCUT2D eigenvalue weighted by molar-refractivity contribution is 5.85. The van der Waals surface area contributed by atoms with E-state index in [1.54, 1.807) is 0 Å². The molecule has 1 heterocycles. The molecule has 0 N–H and O–H groups in total. The lowest BCUT2D eigenvalue weighted by molar-refractivity contribution is -0.660. The minimum absolute atomic E-state index is 0.723. The first-order chi connectivity index (χ1) is 11.6. The van der Waals surface area contributed by atoms with Gasteiger partial charge in [-0.25, -0.2) is 9.41 Å². The van der Waals surface area contributed by atoms with Crippen molar-refractivity contribution < 1.29 is 4.57 Å². The van der Waals surface area contributed by atoms with E-state index in [-0.39, 0.29) is 0 Å². The van der Waals surface area contributed by atoms with E-state index in [0.717, 1.165) is 12.1 Å². The first kappa shape index (κ1) is 14.7. The number of nitrogens with zero attached hydrogens (tertiary/aromatic N) is 2. The zero-order valence-electron chi connectivity index (χ0n) is 14.2. The van der Waals surface area contributed by atoms with Gasteiger partial charge in [-0.2, -0.15) is 0 Å².